The fourth-order valence-corrected chi connectivity index (χ4v) is 12.7. The van der Waals surface area contributed by atoms with E-state index in [9.17, 15) is 8.00 Å². The molecule has 0 radical (unpaired) electrons. The molecule has 0 N–H and O–H groups in total. The van der Waals surface area contributed by atoms with Crippen LogP contribution in [0.1, 0.15) is 58.9 Å². The van der Waals surface area contributed by atoms with E-state index in [1.165, 1.54) is 10.8 Å². The van der Waals surface area contributed by atoms with Gasteiger partial charge in [0.1, 0.15) is 6.07 Å². The minimum absolute atomic E-state index is 0.496. The van der Waals surface area contributed by atoms with Gasteiger partial charge in [-0.1, -0.05) is 216 Å². The van der Waals surface area contributed by atoms with Gasteiger partial charge in [0.15, 0.2) is 0 Å². The first kappa shape index (κ1) is 42.2. The monoisotopic (exact) mass is 959 g/mol. The lowest BCUT2D eigenvalue weighted by atomic mass is 9.74. The summed E-state index contributed by atoms with van der Waals surface area (Å²) in [5.41, 5.74) is 25.3. The lowest BCUT2D eigenvalue weighted by Crippen LogP contribution is -2.06. The van der Waals surface area contributed by atoms with Crippen molar-refractivity contribution in [3.63, 3.8) is 0 Å². The molecule has 2 aliphatic rings. The lowest BCUT2D eigenvalue weighted by Gasteiger charge is -2.29. The summed E-state index contributed by atoms with van der Waals surface area (Å²) in [6.07, 6.45) is 1.85. The average Bonchev–Trinajstić information content (AvgIpc) is 3.93. The molecule has 2 heterocycles. The second-order valence-electron chi connectivity index (χ2n) is 20.3. The van der Waals surface area contributed by atoms with Gasteiger partial charge in [0.25, 0.3) is 0 Å². The standard InChI is InChI=1S/C72H51N3/c1-43(2)68-58(51-29-17-30-52(65(51)42-73)59-37-39-61-63-31-18-40-74-72(63)62-28-12-9-22-49(62)48-21-8-11-27-57(48)71(61)69(59)44(3)4)36-38-60-53-35-34-45(75-66-32-15-13-24-54(66)55-25-14-16-33-67(55)75)41-64(53)50-23-6-5-19-46(50)47-20-7-10-26-56(47)70(60)68/h5-41,43-44H,1-4H3/i43D,44D. The predicted molar refractivity (Wildman–Crippen MR) is 313 cm³/mol. The van der Waals surface area contributed by atoms with Gasteiger partial charge in [0.2, 0.25) is 0 Å². The number of pyridine rings is 1. The molecular weight excluding hydrogens is 907 g/mol. The molecule has 0 saturated carbocycles. The molecule has 3 heteroatoms. The highest BCUT2D eigenvalue weighted by Gasteiger charge is 2.31. The topological polar surface area (TPSA) is 41.6 Å². The maximum atomic E-state index is 11.7. The second kappa shape index (κ2) is 17.4. The summed E-state index contributed by atoms with van der Waals surface area (Å²) in [4.78, 5) is 5.01. The fourth-order valence-electron chi connectivity index (χ4n) is 12.7. The Hall–Kier alpha value is -9.36. The molecule has 0 aliphatic heterocycles. The Kier molecular flexibility index (Phi) is 9.79. The summed E-state index contributed by atoms with van der Waals surface area (Å²) in [5, 5.41) is 14.1. The number of rotatable bonds is 5. The molecule has 0 amide bonds. The molecule has 0 saturated heterocycles. The maximum absolute atomic E-state index is 11.7. The van der Waals surface area contributed by atoms with Crippen molar-refractivity contribution >= 4 is 21.8 Å². The number of nitrogens with zero attached hydrogens (tertiary/aromatic N) is 3. The van der Waals surface area contributed by atoms with Crippen molar-refractivity contribution in [1.82, 2.24) is 9.55 Å². The Morgan fingerprint density at radius 2 is 0.760 bits per heavy atom. The van der Waals surface area contributed by atoms with Gasteiger partial charge in [-0.25, -0.2) is 0 Å². The zero-order valence-corrected chi connectivity index (χ0v) is 42.2. The highest BCUT2D eigenvalue weighted by Crippen LogP contribution is 2.55. The zero-order chi connectivity index (χ0) is 52.3. The van der Waals surface area contributed by atoms with Crippen LogP contribution in [0.15, 0.2) is 225 Å². The van der Waals surface area contributed by atoms with Crippen molar-refractivity contribution in [2.75, 3.05) is 0 Å². The van der Waals surface area contributed by atoms with Crippen molar-refractivity contribution in [3.05, 3.63) is 241 Å². The highest BCUT2D eigenvalue weighted by atomic mass is 15.0. The van der Waals surface area contributed by atoms with Gasteiger partial charge in [0.05, 0.1) is 22.3 Å². The smallest absolute Gasteiger partial charge is 0.100 e. The molecule has 354 valence electrons. The van der Waals surface area contributed by atoms with E-state index < -0.39 is 11.8 Å². The van der Waals surface area contributed by atoms with Crippen molar-refractivity contribution in [2.45, 2.75) is 39.5 Å². The van der Waals surface area contributed by atoms with Crippen LogP contribution in [0.3, 0.4) is 0 Å². The molecular formula is C72H51N3. The molecule has 0 bridgehead atoms. The van der Waals surface area contributed by atoms with Gasteiger partial charge in [-0.15, -0.1) is 0 Å². The van der Waals surface area contributed by atoms with Crippen molar-refractivity contribution in [1.29, 1.82) is 5.26 Å². The van der Waals surface area contributed by atoms with E-state index in [1.54, 1.807) is 0 Å². The SMILES string of the molecule is [2H]C(C)(C)c1c(-c2cccc(-c3ccc4c(c3C([2H])(C)C)-c3ccccc3-c3ccccc3-c3ncccc3-4)c2C#N)ccc2c1-c1ccccc1-c1ccccc1-c1cc(-n3c4ccccc4c4ccccc43)ccc1-2. The molecule has 14 rings (SSSR count). The number of benzene rings is 10. The van der Waals surface area contributed by atoms with E-state index in [2.05, 4.69) is 205 Å². The molecule has 0 unspecified atom stereocenters. The molecule has 3 nitrogen and oxygen atoms in total. The summed E-state index contributed by atoms with van der Waals surface area (Å²) >= 11 is 0. The first-order valence-electron chi connectivity index (χ1n) is 26.8. The van der Waals surface area contributed by atoms with Crippen molar-refractivity contribution in [2.24, 2.45) is 0 Å². The van der Waals surface area contributed by atoms with E-state index in [4.69, 9.17) is 4.98 Å². The van der Waals surface area contributed by atoms with Gasteiger partial charge < -0.3 is 4.57 Å². The van der Waals surface area contributed by atoms with E-state index in [0.717, 1.165) is 139 Å². The number of fused-ring (bicyclic) bond motifs is 19. The molecule has 10 aromatic carbocycles. The van der Waals surface area contributed by atoms with Gasteiger partial charge in [-0.05, 0) is 137 Å². The predicted octanol–water partition coefficient (Wildman–Crippen LogP) is 19.6. The van der Waals surface area contributed by atoms with Crippen molar-refractivity contribution < 1.29 is 2.74 Å². The largest absolute Gasteiger partial charge is 0.309 e. The summed E-state index contributed by atoms with van der Waals surface area (Å²) in [6.45, 7) is 7.86. The number of nitriles is 1. The molecule has 0 fully saturated rings. The third kappa shape index (κ3) is 6.69. The molecule has 0 spiro atoms. The Morgan fingerprint density at radius 3 is 1.29 bits per heavy atom. The first-order chi connectivity index (χ1) is 37.5. The number of hydrogen-bond acceptors (Lipinski definition) is 2. The molecule has 75 heavy (non-hydrogen) atoms. The third-order valence-electron chi connectivity index (χ3n) is 15.8. The Labute approximate surface area is 441 Å². The van der Waals surface area contributed by atoms with Gasteiger partial charge in [-0.3, -0.25) is 4.98 Å². The van der Waals surface area contributed by atoms with Crippen LogP contribution in [0.5, 0.6) is 0 Å². The second-order valence-corrected chi connectivity index (χ2v) is 20.3. The number of hydrogen-bond donors (Lipinski definition) is 0. The quantitative estimate of drug-likeness (QED) is 0.172. The van der Waals surface area contributed by atoms with Gasteiger partial charge >= 0.3 is 0 Å². The maximum Gasteiger partial charge on any atom is 0.100 e. The zero-order valence-electron chi connectivity index (χ0n) is 44.2. The summed E-state index contributed by atoms with van der Waals surface area (Å²) in [6, 6.07) is 80.1. The lowest BCUT2D eigenvalue weighted by molar-refractivity contribution is 0.871. The Bertz CT molecular complexity index is 4440. The average molecular weight is 960 g/mol. The first-order valence-corrected chi connectivity index (χ1v) is 25.8. The minimum atomic E-state index is -1.14. The Balaban J connectivity index is 1.03. The summed E-state index contributed by atoms with van der Waals surface area (Å²) in [5.74, 6) is -2.26. The molecule has 2 aliphatic carbocycles. The van der Waals surface area contributed by atoms with E-state index in [0.29, 0.717) is 5.56 Å². The van der Waals surface area contributed by atoms with Crippen LogP contribution in [0.4, 0.5) is 0 Å². The van der Waals surface area contributed by atoms with Crippen LogP contribution in [0.2, 0.25) is 0 Å². The van der Waals surface area contributed by atoms with Crippen LogP contribution in [0, 0.1) is 11.3 Å². The van der Waals surface area contributed by atoms with Crippen LogP contribution in [0.25, 0.3) is 139 Å². The van der Waals surface area contributed by atoms with Crippen LogP contribution < -0.4 is 0 Å². The summed E-state index contributed by atoms with van der Waals surface area (Å²) < 4.78 is 22.7. The van der Waals surface area contributed by atoms with Crippen LogP contribution >= 0.6 is 0 Å². The van der Waals surface area contributed by atoms with Crippen molar-refractivity contribution in [3.8, 4) is 123 Å². The summed E-state index contributed by atoms with van der Waals surface area (Å²) in [7, 11) is 0. The third-order valence-corrected chi connectivity index (χ3v) is 15.8. The molecule has 12 aromatic rings. The number of aromatic nitrogens is 2. The van der Waals surface area contributed by atoms with E-state index >= 15 is 0 Å². The fraction of sp³-hybridized carbons (Fsp3) is 0.0833. The molecule has 2 aromatic heterocycles. The van der Waals surface area contributed by atoms with E-state index in [-0.39, 0.29) is 0 Å². The minimum Gasteiger partial charge on any atom is -0.309 e. The number of para-hydroxylation sites is 2. The van der Waals surface area contributed by atoms with Gasteiger partial charge in [0, 0.05) is 47.7 Å². The van der Waals surface area contributed by atoms with Crippen LogP contribution in [-0.4, -0.2) is 9.55 Å². The van der Waals surface area contributed by atoms with Crippen LogP contribution in [-0.2, 0) is 0 Å². The highest BCUT2D eigenvalue weighted by molar-refractivity contribution is 6.11. The Morgan fingerprint density at radius 1 is 0.373 bits per heavy atom. The molecule has 0 atom stereocenters. The van der Waals surface area contributed by atoms with E-state index in [1.807, 2.05) is 58.2 Å². The normalized spacial score (nSPS) is 12.6. The van der Waals surface area contributed by atoms with Gasteiger partial charge in [-0.2, -0.15) is 5.26 Å².